The van der Waals surface area contributed by atoms with Crippen molar-refractivity contribution in [2.24, 2.45) is 5.73 Å². The van der Waals surface area contributed by atoms with E-state index in [0.29, 0.717) is 26.1 Å². The molecule has 0 bridgehead atoms. The fraction of sp³-hybridized carbons (Fsp3) is 0.760. The van der Waals surface area contributed by atoms with E-state index in [0.717, 1.165) is 44.9 Å². The lowest BCUT2D eigenvalue weighted by atomic mass is 10.1. The van der Waals surface area contributed by atoms with Crippen LogP contribution in [0.1, 0.15) is 92.9 Å². The molecule has 0 saturated carbocycles. The van der Waals surface area contributed by atoms with Gasteiger partial charge in [-0.25, -0.2) is 9.59 Å². The molecular formula is C25H47N5O4. The van der Waals surface area contributed by atoms with Crippen LogP contribution in [0.5, 0.6) is 0 Å². The van der Waals surface area contributed by atoms with Crippen LogP contribution in [0.2, 0.25) is 0 Å². The third kappa shape index (κ3) is 39.7. The highest BCUT2D eigenvalue weighted by atomic mass is 16.6. The standard InChI is InChI=1S/C13H24N2O2.C9H20N2O2.C3H3N/c1-13(2,3)17-12(16)15-11-9-7-5-4-6-8-10-14;1-9(2,3)13-8(12)11-7-5-4-6-10;1-2-3-4/h4-9,11H2,1-3H3,(H,15,16);4-7,10H2,1-3H3,(H,11,12);2H,1H2. The van der Waals surface area contributed by atoms with Gasteiger partial charge in [-0.3, -0.25) is 0 Å². The predicted molar refractivity (Wildman–Crippen MR) is 136 cm³/mol. The Morgan fingerprint density at radius 1 is 0.824 bits per heavy atom. The van der Waals surface area contributed by atoms with Crippen LogP contribution in [0.3, 0.4) is 0 Å². The zero-order valence-corrected chi connectivity index (χ0v) is 22.2. The van der Waals surface area contributed by atoms with E-state index in [9.17, 15) is 9.59 Å². The normalized spacial score (nSPS) is 10.0. The Balaban J connectivity index is -0.000000500. The number of carbonyl (C=O) groups is 2. The number of unbranched alkanes of at least 4 members (excludes halogenated alkanes) is 6. The lowest BCUT2D eigenvalue weighted by Gasteiger charge is -2.19. The van der Waals surface area contributed by atoms with Crippen molar-refractivity contribution in [2.45, 2.75) is 104 Å². The van der Waals surface area contributed by atoms with Crippen LogP contribution in [0.15, 0.2) is 12.7 Å². The van der Waals surface area contributed by atoms with Crippen LogP contribution in [0.25, 0.3) is 0 Å². The number of hydrogen-bond acceptors (Lipinski definition) is 7. The van der Waals surface area contributed by atoms with Crippen molar-refractivity contribution in [1.29, 1.82) is 10.5 Å². The van der Waals surface area contributed by atoms with Crippen LogP contribution < -0.4 is 16.4 Å². The van der Waals surface area contributed by atoms with E-state index >= 15 is 0 Å². The third-order valence-electron chi connectivity index (χ3n) is 3.52. The number of carbonyl (C=O) groups excluding carboxylic acids is 2. The number of allylic oxidation sites excluding steroid dienone is 1. The Kier molecular flexibility index (Phi) is 24.6. The molecule has 0 rings (SSSR count). The molecule has 0 aliphatic heterocycles. The molecule has 0 unspecified atom stereocenters. The molecular weight excluding hydrogens is 434 g/mol. The third-order valence-corrected chi connectivity index (χ3v) is 3.52. The van der Waals surface area contributed by atoms with Crippen molar-refractivity contribution in [3.63, 3.8) is 0 Å². The zero-order valence-electron chi connectivity index (χ0n) is 22.2. The highest BCUT2D eigenvalue weighted by molar-refractivity contribution is 5.67. The van der Waals surface area contributed by atoms with Gasteiger partial charge in [-0.1, -0.05) is 25.8 Å². The van der Waals surface area contributed by atoms with E-state index < -0.39 is 11.2 Å². The Morgan fingerprint density at radius 2 is 1.21 bits per heavy atom. The summed E-state index contributed by atoms with van der Waals surface area (Å²) in [6.45, 7) is 16.1. The molecule has 0 aliphatic rings. The zero-order chi connectivity index (χ0) is 26.9. The van der Waals surface area contributed by atoms with Crippen molar-refractivity contribution in [1.82, 2.24) is 10.6 Å². The van der Waals surface area contributed by atoms with E-state index in [4.69, 9.17) is 25.7 Å². The fourth-order valence-corrected chi connectivity index (χ4v) is 2.14. The first-order valence-corrected chi connectivity index (χ1v) is 11.8. The van der Waals surface area contributed by atoms with Crippen molar-refractivity contribution >= 4 is 12.2 Å². The molecule has 34 heavy (non-hydrogen) atoms. The van der Waals surface area contributed by atoms with E-state index in [1.54, 1.807) is 6.07 Å². The van der Waals surface area contributed by atoms with Crippen LogP contribution in [0, 0.1) is 22.7 Å². The minimum absolute atomic E-state index is 0.345. The van der Waals surface area contributed by atoms with Gasteiger partial charge in [0.2, 0.25) is 0 Å². The van der Waals surface area contributed by atoms with Crippen LogP contribution in [0.4, 0.5) is 9.59 Å². The SMILES string of the molecule is C=CC#N.CC(C)(C)OC(=O)NCCCCCCCC#N.CC(C)(C)OC(=O)NCCCCN. The minimum Gasteiger partial charge on any atom is -0.444 e. The van der Waals surface area contributed by atoms with E-state index in [-0.39, 0.29) is 12.2 Å². The highest BCUT2D eigenvalue weighted by Crippen LogP contribution is 2.07. The van der Waals surface area contributed by atoms with Gasteiger partial charge in [0.1, 0.15) is 11.2 Å². The Morgan fingerprint density at radius 3 is 1.56 bits per heavy atom. The van der Waals surface area contributed by atoms with Gasteiger partial charge in [0, 0.05) is 25.6 Å². The summed E-state index contributed by atoms with van der Waals surface area (Å²) in [6.07, 6.45) is 8.20. The van der Waals surface area contributed by atoms with Crippen molar-refractivity contribution in [2.75, 3.05) is 19.6 Å². The highest BCUT2D eigenvalue weighted by Gasteiger charge is 2.15. The summed E-state index contributed by atoms with van der Waals surface area (Å²) in [6, 6.07) is 3.83. The predicted octanol–water partition coefficient (Wildman–Crippen LogP) is 5.32. The number of amides is 2. The number of nitrogens with zero attached hydrogens (tertiary/aromatic N) is 2. The van der Waals surface area contributed by atoms with Gasteiger partial charge in [0.05, 0.1) is 12.1 Å². The molecule has 0 aromatic carbocycles. The topological polar surface area (TPSA) is 150 Å². The lowest BCUT2D eigenvalue weighted by Crippen LogP contribution is -2.33. The molecule has 0 aromatic rings. The summed E-state index contributed by atoms with van der Waals surface area (Å²) in [5.74, 6) is 0. The van der Waals surface area contributed by atoms with Crippen molar-refractivity contribution in [3.05, 3.63) is 12.7 Å². The quantitative estimate of drug-likeness (QED) is 0.267. The number of nitrogens with one attached hydrogen (secondary N) is 2. The van der Waals surface area contributed by atoms with E-state index in [2.05, 4.69) is 23.3 Å². The molecule has 4 N–H and O–H groups in total. The maximum absolute atomic E-state index is 11.3. The first kappa shape index (κ1) is 35.8. The molecule has 9 nitrogen and oxygen atoms in total. The van der Waals surface area contributed by atoms with Crippen molar-refractivity contribution < 1.29 is 19.1 Å². The summed E-state index contributed by atoms with van der Waals surface area (Å²) in [5, 5.41) is 21.2. The lowest BCUT2D eigenvalue weighted by molar-refractivity contribution is 0.0515. The van der Waals surface area contributed by atoms with Gasteiger partial charge in [-0.15, -0.1) is 0 Å². The van der Waals surface area contributed by atoms with Gasteiger partial charge < -0.3 is 25.8 Å². The number of hydrogen-bond donors (Lipinski definition) is 3. The second-order valence-corrected chi connectivity index (χ2v) is 9.36. The van der Waals surface area contributed by atoms with E-state index in [1.165, 1.54) is 6.08 Å². The Labute approximate surface area is 207 Å². The Hall–Kier alpha value is -2.78. The number of rotatable bonds is 11. The van der Waals surface area contributed by atoms with Gasteiger partial charge in [-0.05, 0) is 73.8 Å². The molecule has 0 spiro atoms. The van der Waals surface area contributed by atoms with Gasteiger partial charge in [0.25, 0.3) is 0 Å². The van der Waals surface area contributed by atoms with Crippen LogP contribution >= 0.6 is 0 Å². The second-order valence-electron chi connectivity index (χ2n) is 9.36. The molecule has 0 atom stereocenters. The number of nitrogens with two attached hydrogens (primary N) is 1. The fourth-order valence-electron chi connectivity index (χ4n) is 2.14. The average Bonchev–Trinajstić information content (AvgIpc) is 2.71. The monoisotopic (exact) mass is 481 g/mol. The maximum Gasteiger partial charge on any atom is 0.407 e. The maximum atomic E-state index is 11.3. The average molecular weight is 482 g/mol. The number of ether oxygens (including phenoxy) is 2. The molecule has 0 saturated heterocycles. The van der Waals surface area contributed by atoms with E-state index in [1.807, 2.05) is 41.5 Å². The molecule has 9 heteroatoms. The molecule has 0 radical (unpaired) electrons. The minimum atomic E-state index is -0.429. The summed E-state index contributed by atoms with van der Waals surface area (Å²) in [5.41, 5.74) is 4.46. The molecule has 0 aromatic heterocycles. The van der Waals surface area contributed by atoms with Gasteiger partial charge in [-0.2, -0.15) is 10.5 Å². The van der Waals surface area contributed by atoms with Crippen molar-refractivity contribution in [3.8, 4) is 12.1 Å². The molecule has 0 heterocycles. The summed E-state index contributed by atoms with van der Waals surface area (Å²) in [4.78, 5) is 22.3. The smallest absolute Gasteiger partial charge is 0.407 e. The van der Waals surface area contributed by atoms with Crippen LogP contribution in [-0.4, -0.2) is 43.0 Å². The summed E-state index contributed by atoms with van der Waals surface area (Å²) >= 11 is 0. The van der Waals surface area contributed by atoms with Crippen LogP contribution in [-0.2, 0) is 9.47 Å². The van der Waals surface area contributed by atoms with Gasteiger partial charge in [0.15, 0.2) is 0 Å². The Bertz CT molecular complexity index is 611. The molecule has 2 amide bonds. The first-order valence-electron chi connectivity index (χ1n) is 11.8. The summed E-state index contributed by atoms with van der Waals surface area (Å²) in [7, 11) is 0. The molecule has 0 aliphatic carbocycles. The van der Waals surface area contributed by atoms with Gasteiger partial charge >= 0.3 is 12.2 Å². The molecule has 0 fully saturated rings. The number of alkyl carbamates (subject to hydrolysis) is 2. The first-order chi connectivity index (χ1) is 15.8. The molecule has 196 valence electrons. The number of nitriles is 2. The summed E-state index contributed by atoms with van der Waals surface area (Å²) < 4.78 is 10.1. The largest absolute Gasteiger partial charge is 0.444 e. The second kappa shape index (κ2) is 23.4.